The number of alkyl carbamates (subject to hydrolysis) is 2. The molecule has 6 aliphatic heterocycles. The molecular weight excluding hydrogens is 1080 g/mol. The summed E-state index contributed by atoms with van der Waals surface area (Å²) in [5.74, 6) is -2.12. The van der Waals surface area contributed by atoms with Gasteiger partial charge in [-0.1, -0.05) is 12.8 Å². The molecule has 0 spiro atoms. The zero-order valence-corrected chi connectivity index (χ0v) is 47.1. The number of nitrogens with zero attached hydrogens (tertiary/aromatic N) is 6. The van der Waals surface area contributed by atoms with Gasteiger partial charge in [0.2, 0.25) is 11.8 Å². The van der Waals surface area contributed by atoms with Crippen LogP contribution in [0.15, 0.2) is 36.4 Å². The Balaban J connectivity index is 0.848. The van der Waals surface area contributed by atoms with Gasteiger partial charge in [0, 0.05) is 68.4 Å². The van der Waals surface area contributed by atoms with Crippen molar-refractivity contribution in [2.24, 2.45) is 23.7 Å². The molecule has 5 aromatic rings. The van der Waals surface area contributed by atoms with Gasteiger partial charge in [0.25, 0.3) is 0 Å². The molecule has 8 aliphatic rings. The molecular formula is C61H74F4N10O8. The van der Waals surface area contributed by atoms with E-state index in [1.165, 1.54) is 38.5 Å². The van der Waals surface area contributed by atoms with Crippen LogP contribution in [-0.2, 0) is 28.5 Å². The van der Waals surface area contributed by atoms with Crippen molar-refractivity contribution in [3.8, 4) is 0 Å². The number of benzene rings is 3. The number of piperidine rings is 1. The third-order valence-electron chi connectivity index (χ3n) is 20.1. The van der Waals surface area contributed by atoms with Crippen molar-refractivity contribution in [1.29, 1.82) is 0 Å². The molecule has 444 valence electrons. The van der Waals surface area contributed by atoms with Gasteiger partial charge in [-0.3, -0.25) is 9.59 Å². The minimum absolute atomic E-state index is 0.0772. The molecule has 0 radical (unpaired) electrons. The fourth-order valence-corrected chi connectivity index (χ4v) is 16.1. The lowest BCUT2D eigenvalue weighted by Crippen LogP contribution is -2.55. The number of carbonyl (C=O) groups excluding carboxylic acids is 4. The molecule has 22 heteroatoms. The minimum atomic E-state index is -0.848. The molecule has 10 atom stereocenters. The first-order valence-electron chi connectivity index (χ1n) is 30.2. The predicted molar refractivity (Wildman–Crippen MR) is 298 cm³/mol. The Kier molecular flexibility index (Phi) is 15.4. The van der Waals surface area contributed by atoms with Gasteiger partial charge in [-0.05, 0) is 156 Å². The molecule has 4 amide bonds. The summed E-state index contributed by atoms with van der Waals surface area (Å²) in [4.78, 5) is 79.5. The lowest BCUT2D eigenvalue weighted by Gasteiger charge is -2.36. The average molecular weight is 1150 g/mol. The molecule has 4 N–H and O–H groups in total. The Bertz CT molecular complexity index is 3070. The maximum Gasteiger partial charge on any atom is 0.407 e. The predicted octanol–water partition coefficient (Wildman–Crippen LogP) is 10.3. The lowest BCUT2D eigenvalue weighted by molar-refractivity contribution is -0.140. The van der Waals surface area contributed by atoms with Crippen LogP contribution in [0.25, 0.3) is 22.1 Å². The monoisotopic (exact) mass is 1150 g/mol. The summed E-state index contributed by atoms with van der Waals surface area (Å²) in [6.07, 6.45) is 10.7. The third-order valence-corrected chi connectivity index (χ3v) is 20.1. The zero-order chi connectivity index (χ0) is 57.2. The Hall–Kier alpha value is -6.68. The lowest BCUT2D eigenvalue weighted by atomic mass is 9.90. The second kappa shape index (κ2) is 23.1. The summed E-state index contributed by atoms with van der Waals surface area (Å²) in [7, 11) is 2.54. The summed E-state index contributed by atoms with van der Waals surface area (Å²) >= 11 is 0. The van der Waals surface area contributed by atoms with Crippen LogP contribution in [0.5, 0.6) is 0 Å². The number of anilines is 2. The molecule has 6 saturated heterocycles. The van der Waals surface area contributed by atoms with Crippen LogP contribution in [-0.4, -0.2) is 132 Å². The highest BCUT2D eigenvalue weighted by atomic mass is 19.1. The number of ether oxygens (including phenoxy) is 4. The van der Waals surface area contributed by atoms with Crippen LogP contribution in [0.3, 0.4) is 0 Å². The van der Waals surface area contributed by atoms with Crippen LogP contribution in [0, 0.1) is 46.9 Å². The number of nitrogens with one attached hydrogen (secondary N) is 4. The number of H-pyrrole nitrogens is 2. The van der Waals surface area contributed by atoms with Gasteiger partial charge in [0.05, 0.1) is 60.5 Å². The summed E-state index contributed by atoms with van der Waals surface area (Å²) in [5, 5.41) is 5.70. The standard InChI is InChI=1S/C61H74F4N10O8/c1-80-60(78)70-53(32-14-20-82-21-15-32)58(76)74-47-10-6-8-34(47)24-51(74)56-66-43-28-37(39(62)30-45(43)68-56)49-12-13-50(73(49)36-26-41(64)55(42(65)27-36)72-18-4-3-5-19-72)38-29-44-46(31-40(38)63)69-57(67-44)52-25-35-9-7-11-48(35)75(52)59(77)54(71-61(79)81-2)33-16-22-83-23-17-33/h26-35,47-54H,3-25H2,1-2H3,(H,66,68)(H,67,69)(H,70,78)(H,71,79)/t34-,35-,47-,48-,49+,50+,51-,52-,53-,54-/m0/s1. The topological polar surface area (TPSA) is 200 Å². The van der Waals surface area contributed by atoms with Crippen molar-refractivity contribution in [3.63, 3.8) is 0 Å². The number of aromatic nitrogens is 4. The minimum Gasteiger partial charge on any atom is -0.453 e. The number of hydrogen-bond donors (Lipinski definition) is 4. The number of imidazole rings is 2. The van der Waals surface area contributed by atoms with Crippen molar-refractivity contribution in [2.75, 3.05) is 63.5 Å². The van der Waals surface area contributed by atoms with Gasteiger partial charge in [0.15, 0.2) is 11.6 Å². The van der Waals surface area contributed by atoms with E-state index in [4.69, 9.17) is 28.9 Å². The average Bonchev–Trinajstić information content (AvgIpc) is 2.52. The smallest absolute Gasteiger partial charge is 0.407 e. The molecule has 2 saturated carbocycles. The molecule has 2 aromatic heterocycles. The first-order chi connectivity index (χ1) is 40.3. The first-order valence-corrected chi connectivity index (χ1v) is 30.2. The van der Waals surface area contributed by atoms with Gasteiger partial charge >= 0.3 is 12.2 Å². The van der Waals surface area contributed by atoms with Crippen molar-refractivity contribution < 1.29 is 55.7 Å². The van der Waals surface area contributed by atoms with E-state index in [0.717, 1.165) is 57.8 Å². The molecule has 13 rings (SSSR count). The Morgan fingerprint density at radius 1 is 0.554 bits per heavy atom. The number of fused-ring (bicyclic) bond motifs is 4. The number of amides is 4. The summed E-state index contributed by atoms with van der Waals surface area (Å²) < 4.78 is 89.1. The van der Waals surface area contributed by atoms with Crippen LogP contribution in [0.1, 0.15) is 156 Å². The summed E-state index contributed by atoms with van der Waals surface area (Å²) in [5.41, 5.74) is 2.07. The molecule has 2 aliphatic carbocycles. The number of likely N-dealkylation sites (tertiary alicyclic amines) is 2. The first kappa shape index (κ1) is 55.5. The SMILES string of the molecule is COC(=O)N[C@H](C(=O)N1[C@H](c2nc3cc([C@H]4CC[C@H](c5cc6nc([C@@H]7C[C@@H]8CCC[C@@H]8N7C(=O)[C@@H](NC(=O)OC)C7CCOCC7)[nH]c6cc5F)N4c4cc(F)c(N5CCCCC5)c(F)c4)c(F)cc3[nH]2)C[C@@H]2CCC[C@@H]21)C1CCOCC1. The molecule has 8 fully saturated rings. The molecule has 8 heterocycles. The normalized spacial score (nSPS) is 27.5. The molecule has 0 bridgehead atoms. The number of halogens is 4. The van der Waals surface area contributed by atoms with Crippen molar-refractivity contribution in [3.05, 3.63) is 82.4 Å². The quantitative estimate of drug-likeness (QED) is 0.0864. The fourth-order valence-electron chi connectivity index (χ4n) is 16.1. The number of methoxy groups -OCH3 is 2. The maximum atomic E-state index is 17.2. The molecule has 0 unspecified atom stereocenters. The van der Waals surface area contributed by atoms with Crippen LogP contribution < -0.4 is 20.4 Å². The highest BCUT2D eigenvalue weighted by Crippen LogP contribution is 2.53. The second-order valence-corrected chi connectivity index (χ2v) is 24.5. The highest BCUT2D eigenvalue weighted by molar-refractivity contribution is 5.88. The van der Waals surface area contributed by atoms with Gasteiger partial charge in [-0.15, -0.1) is 0 Å². The fraction of sp³-hybridized carbons (Fsp3) is 0.607. The molecule has 18 nitrogen and oxygen atoms in total. The van der Waals surface area contributed by atoms with E-state index in [9.17, 15) is 19.2 Å². The van der Waals surface area contributed by atoms with E-state index in [-0.39, 0.29) is 82.9 Å². The number of hydrogen-bond acceptors (Lipinski definition) is 12. The van der Waals surface area contributed by atoms with E-state index >= 15 is 17.6 Å². The van der Waals surface area contributed by atoms with Gasteiger partial charge < -0.3 is 59.1 Å². The number of carbonyl (C=O) groups is 4. The second-order valence-electron chi connectivity index (χ2n) is 24.5. The number of rotatable bonds is 12. The zero-order valence-electron chi connectivity index (χ0n) is 47.1. The van der Waals surface area contributed by atoms with E-state index in [1.54, 1.807) is 21.9 Å². The van der Waals surface area contributed by atoms with Crippen molar-refractivity contribution >= 4 is 57.4 Å². The van der Waals surface area contributed by atoms with Gasteiger partial charge in [0.1, 0.15) is 41.1 Å². The van der Waals surface area contributed by atoms with E-state index < -0.39 is 71.7 Å². The van der Waals surface area contributed by atoms with Crippen LogP contribution >= 0.6 is 0 Å². The molecule has 3 aromatic carbocycles. The van der Waals surface area contributed by atoms with Gasteiger partial charge in [-0.25, -0.2) is 37.1 Å². The highest BCUT2D eigenvalue weighted by Gasteiger charge is 2.52. The summed E-state index contributed by atoms with van der Waals surface area (Å²) in [6.45, 7) is 2.87. The molecule has 83 heavy (non-hydrogen) atoms. The summed E-state index contributed by atoms with van der Waals surface area (Å²) in [6, 6.07) is 4.08. The Morgan fingerprint density at radius 2 is 1.00 bits per heavy atom. The van der Waals surface area contributed by atoms with Crippen LogP contribution in [0.2, 0.25) is 0 Å². The van der Waals surface area contributed by atoms with Crippen molar-refractivity contribution in [1.82, 2.24) is 40.4 Å². The Morgan fingerprint density at radius 3 is 1.43 bits per heavy atom. The van der Waals surface area contributed by atoms with Crippen molar-refractivity contribution in [2.45, 2.75) is 157 Å². The largest absolute Gasteiger partial charge is 0.453 e. The number of aromatic amines is 2. The van der Waals surface area contributed by atoms with E-state index in [1.807, 2.05) is 9.80 Å². The third kappa shape index (κ3) is 10.3. The Labute approximate surface area is 479 Å². The van der Waals surface area contributed by atoms with Gasteiger partial charge in [-0.2, -0.15) is 0 Å². The maximum absolute atomic E-state index is 17.2. The van der Waals surface area contributed by atoms with E-state index in [2.05, 4.69) is 20.6 Å². The van der Waals surface area contributed by atoms with Crippen LogP contribution in [0.4, 0.5) is 38.5 Å². The van der Waals surface area contributed by atoms with E-state index in [0.29, 0.717) is 112 Å².